The first kappa shape index (κ1) is 11.6. The predicted molar refractivity (Wildman–Crippen MR) is 64.0 cm³/mol. The first-order valence-corrected chi connectivity index (χ1v) is 5.70. The molecule has 4 heteroatoms. The average Bonchev–Trinajstić information content (AvgIpc) is 2.41. The standard InChI is InChI=1S/C13H14N4/c14-9-11-3-1-2-4-12(11)13(10-15)17-7-5-16-6-8-17/h1-4,13,16H,5-8H2. The van der Waals surface area contributed by atoms with E-state index in [1.807, 2.05) is 18.2 Å². The molecule has 1 atom stereocenters. The second kappa shape index (κ2) is 5.45. The predicted octanol–water partition coefficient (Wildman–Crippen LogP) is 1.03. The second-order valence-corrected chi connectivity index (χ2v) is 4.02. The molecule has 4 nitrogen and oxygen atoms in total. The molecule has 1 heterocycles. The molecule has 1 aromatic carbocycles. The molecule has 86 valence electrons. The third-order valence-corrected chi connectivity index (χ3v) is 3.01. The van der Waals surface area contributed by atoms with Gasteiger partial charge in [0.25, 0.3) is 0 Å². The van der Waals surface area contributed by atoms with Gasteiger partial charge in [-0.3, -0.25) is 4.90 Å². The summed E-state index contributed by atoms with van der Waals surface area (Å²) in [4.78, 5) is 2.12. The van der Waals surface area contributed by atoms with Crippen molar-refractivity contribution in [2.45, 2.75) is 6.04 Å². The first-order valence-electron chi connectivity index (χ1n) is 5.70. The Labute approximate surface area is 101 Å². The van der Waals surface area contributed by atoms with Gasteiger partial charge < -0.3 is 5.32 Å². The van der Waals surface area contributed by atoms with Crippen molar-refractivity contribution in [3.05, 3.63) is 35.4 Å². The molecule has 1 aromatic rings. The highest BCUT2D eigenvalue weighted by Gasteiger charge is 2.23. The van der Waals surface area contributed by atoms with Gasteiger partial charge in [0, 0.05) is 31.7 Å². The van der Waals surface area contributed by atoms with Gasteiger partial charge in [-0.2, -0.15) is 10.5 Å². The molecule has 0 spiro atoms. The van der Waals surface area contributed by atoms with Crippen molar-refractivity contribution in [2.75, 3.05) is 26.2 Å². The molecule has 0 radical (unpaired) electrons. The molecule has 1 unspecified atom stereocenters. The van der Waals surface area contributed by atoms with E-state index in [0.29, 0.717) is 5.56 Å². The van der Waals surface area contributed by atoms with Gasteiger partial charge in [0.15, 0.2) is 0 Å². The zero-order valence-electron chi connectivity index (χ0n) is 9.56. The van der Waals surface area contributed by atoms with Crippen LogP contribution in [0.2, 0.25) is 0 Å². The van der Waals surface area contributed by atoms with Crippen LogP contribution in [0.4, 0.5) is 0 Å². The first-order chi connectivity index (χ1) is 8.36. The smallest absolute Gasteiger partial charge is 0.125 e. The van der Waals surface area contributed by atoms with Crippen LogP contribution in [0.3, 0.4) is 0 Å². The van der Waals surface area contributed by atoms with E-state index in [4.69, 9.17) is 5.26 Å². The maximum Gasteiger partial charge on any atom is 0.125 e. The Hall–Kier alpha value is -1.88. The lowest BCUT2D eigenvalue weighted by Gasteiger charge is -2.31. The Morgan fingerprint density at radius 1 is 1.18 bits per heavy atom. The van der Waals surface area contributed by atoms with E-state index < -0.39 is 0 Å². The van der Waals surface area contributed by atoms with Gasteiger partial charge >= 0.3 is 0 Å². The molecule has 0 bridgehead atoms. The molecule has 0 amide bonds. The fraction of sp³-hybridized carbons (Fsp3) is 0.385. The molecule has 0 aliphatic carbocycles. The maximum atomic E-state index is 9.33. The Morgan fingerprint density at radius 2 is 1.88 bits per heavy atom. The van der Waals surface area contributed by atoms with Crippen LogP contribution >= 0.6 is 0 Å². The van der Waals surface area contributed by atoms with E-state index in [9.17, 15) is 5.26 Å². The van der Waals surface area contributed by atoms with E-state index in [-0.39, 0.29) is 6.04 Å². The fourth-order valence-electron chi connectivity index (χ4n) is 2.13. The van der Waals surface area contributed by atoms with Gasteiger partial charge in [-0.05, 0) is 6.07 Å². The minimum absolute atomic E-state index is 0.312. The number of nitriles is 2. The second-order valence-electron chi connectivity index (χ2n) is 4.02. The van der Waals surface area contributed by atoms with E-state index >= 15 is 0 Å². The Morgan fingerprint density at radius 3 is 2.53 bits per heavy atom. The third kappa shape index (κ3) is 2.45. The average molecular weight is 226 g/mol. The summed E-state index contributed by atoms with van der Waals surface area (Å²) < 4.78 is 0. The zero-order chi connectivity index (χ0) is 12.1. The van der Waals surface area contributed by atoms with Crippen LogP contribution < -0.4 is 5.32 Å². The number of hydrogen-bond acceptors (Lipinski definition) is 4. The minimum Gasteiger partial charge on any atom is -0.314 e. The Kier molecular flexibility index (Phi) is 3.72. The monoisotopic (exact) mass is 226 g/mol. The van der Waals surface area contributed by atoms with Crippen molar-refractivity contribution in [2.24, 2.45) is 0 Å². The van der Waals surface area contributed by atoms with Gasteiger partial charge in [-0.15, -0.1) is 0 Å². The van der Waals surface area contributed by atoms with Crippen LogP contribution in [0.1, 0.15) is 17.2 Å². The van der Waals surface area contributed by atoms with Crippen molar-refractivity contribution in [3.8, 4) is 12.1 Å². The molecule has 0 saturated carbocycles. The van der Waals surface area contributed by atoms with Crippen molar-refractivity contribution in [3.63, 3.8) is 0 Å². The van der Waals surface area contributed by atoms with Crippen molar-refractivity contribution in [1.82, 2.24) is 10.2 Å². The van der Waals surface area contributed by atoms with Crippen LogP contribution in [0.15, 0.2) is 24.3 Å². The highest BCUT2D eigenvalue weighted by Crippen LogP contribution is 2.23. The molecule has 1 aliphatic rings. The molecule has 1 aliphatic heterocycles. The number of rotatable bonds is 2. The summed E-state index contributed by atoms with van der Waals surface area (Å²) >= 11 is 0. The number of nitrogens with zero attached hydrogens (tertiary/aromatic N) is 3. The SMILES string of the molecule is N#Cc1ccccc1C(C#N)N1CCNCC1. The lowest BCUT2D eigenvalue weighted by molar-refractivity contribution is 0.207. The highest BCUT2D eigenvalue weighted by molar-refractivity contribution is 5.41. The lowest BCUT2D eigenvalue weighted by Crippen LogP contribution is -2.45. The summed E-state index contributed by atoms with van der Waals surface area (Å²) in [7, 11) is 0. The molecule has 1 fully saturated rings. The molecule has 2 rings (SSSR count). The minimum atomic E-state index is -0.312. The molecule has 1 saturated heterocycles. The Bertz CT molecular complexity index is 463. The van der Waals surface area contributed by atoms with E-state index in [2.05, 4.69) is 22.4 Å². The van der Waals surface area contributed by atoms with E-state index in [0.717, 1.165) is 31.7 Å². The molecular formula is C13H14N4. The van der Waals surface area contributed by atoms with Gasteiger partial charge in [-0.25, -0.2) is 0 Å². The molecule has 0 aromatic heterocycles. The summed E-state index contributed by atoms with van der Waals surface area (Å²) in [6, 6.07) is 11.5. The number of hydrogen-bond donors (Lipinski definition) is 1. The fourth-order valence-corrected chi connectivity index (χ4v) is 2.13. The van der Waals surface area contributed by atoms with Crippen LogP contribution in [0, 0.1) is 22.7 Å². The summed E-state index contributed by atoms with van der Waals surface area (Å²) in [5.41, 5.74) is 1.41. The lowest BCUT2D eigenvalue weighted by atomic mass is 10.0. The highest BCUT2D eigenvalue weighted by atomic mass is 15.2. The largest absolute Gasteiger partial charge is 0.314 e. The summed E-state index contributed by atoms with van der Waals surface area (Å²) in [5, 5.41) is 21.7. The van der Waals surface area contributed by atoms with Crippen molar-refractivity contribution < 1.29 is 0 Å². The summed E-state index contributed by atoms with van der Waals surface area (Å²) in [6.45, 7) is 3.48. The zero-order valence-corrected chi connectivity index (χ0v) is 9.56. The summed E-state index contributed by atoms with van der Waals surface area (Å²) in [5.74, 6) is 0. The number of nitrogens with one attached hydrogen (secondary N) is 1. The normalized spacial score (nSPS) is 18.0. The molecular weight excluding hydrogens is 212 g/mol. The van der Waals surface area contributed by atoms with E-state index in [1.54, 1.807) is 6.07 Å². The van der Waals surface area contributed by atoms with Gasteiger partial charge in [0.05, 0.1) is 17.7 Å². The van der Waals surface area contributed by atoms with Crippen molar-refractivity contribution in [1.29, 1.82) is 10.5 Å². The van der Waals surface area contributed by atoms with Crippen LogP contribution in [0.25, 0.3) is 0 Å². The maximum absolute atomic E-state index is 9.33. The number of benzene rings is 1. The third-order valence-electron chi connectivity index (χ3n) is 3.01. The van der Waals surface area contributed by atoms with Gasteiger partial charge in [-0.1, -0.05) is 18.2 Å². The summed E-state index contributed by atoms with van der Waals surface area (Å²) in [6.07, 6.45) is 0. The van der Waals surface area contributed by atoms with Crippen molar-refractivity contribution >= 4 is 0 Å². The topological polar surface area (TPSA) is 62.9 Å². The number of piperazine rings is 1. The van der Waals surface area contributed by atoms with Crippen LogP contribution in [-0.4, -0.2) is 31.1 Å². The molecule has 17 heavy (non-hydrogen) atoms. The Balaban J connectivity index is 2.29. The van der Waals surface area contributed by atoms with Gasteiger partial charge in [0.2, 0.25) is 0 Å². The van der Waals surface area contributed by atoms with Crippen LogP contribution in [0.5, 0.6) is 0 Å². The van der Waals surface area contributed by atoms with Gasteiger partial charge in [0.1, 0.15) is 6.04 Å². The van der Waals surface area contributed by atoms with E-state index in [1.165, 1.54) is 0 Å². The quantitative estimate of drug-likeness (QED) is 0.818. The van der Waals surface area contributed by atoms with Crippen LogP contribution in [-0.2, 0) is 0 Å². The molecule has 1 N–H and O–H groups in total.